The minimum absolute atomic E-state index is 0.138. The summed E-state index contributed by atoms with van der Waals surface area (Å²) in [6, 6.07) is 4.71. The lowest BCUT2D eigenvalue weighted by Crippen LogP contribution is -2.42. The number of hydrogen-bond donors (Lipinski definition) is 2. The van der Waals surface area contributed by atoms with E-state index in [1.54, 1.807) is 12.1 Å². The Morgan fingerprint density at radius 1 is 1.43 bits per heavy atom. The van der Waals surface area contributed by atoms with E-state index in [9.17, 15) is 14.6 Å². The number of nitrogens with zero attached hydrogens (tertiary/aromatic N) is 1. The second-order valence-electron chi connectivity index (χ2n) is 5.53. The predicted molar refractivity (Wildman–Crippen MR) is 78.8 cm³/mol. The van der Waals surface area contributed by atoms with E-state index in [4.69, 9.17) is 4.74 Å². The van der Waals surface area contributed by atoms with E-state index in [1.807, 2.05) is 0 Å². The van der Waals surface area contributed by atoms with Crippen molar-refractivity contribution < 1.29 is 19.3 Å². The summed E-state index contributed by atoms with van der Waals surface area (Å²) < 4.78 is 19.0. The van der Waals surface area contributed by atoms with Crippen molar-refractivity contribution in [3.8, 4) is 5.75 Å². The first-order valence-electron chi connectivity index (χ1n) is 7.52. The van der Waals surface area contributed by atoms with E-state index < -0.39 is 11.9 Å². The summed E-state index contributed by atoms with van der Waals surface area (Å²) in [5.74, 6) is -0.0703. The minimum Gasteiger partial charge on any atom is -0.496 e. The van der Waals surface area contributed by atoms with Gasteiger partial charge in [-0.05, 0) is 37.9 Å². The Hall–Kier alpha value is -1.17. The average Bonchev–Trinajstić information content (AvgIpc) is 2.52. The third-order valence-electron chi connectivity index (χ3n) is 4.22. The molecular formula is C16H24FNO3. The standard InChI is InChI=1S/C16H24FNO3/c1-21-15-7-4-6-13(17)16(15)14(20)8-10-18-9-3-2-5-12(18)11-19/h4,6-7,12,14,19-20H,2-3,5,8-11H2,1H3. The Balaban J connectivity index is 2.00. The molecule has 5 heteroatoms. The highest BCUT2D eigenvalue weighted by atomic mass is 19.1. The Labute approximate surface area is 125 Å². The van der Waals surface area contributed by atoms with Crippen LogP contribution in [0.1, 0.15) is 37.4 Å². The lowest BCUT2D eigenvalue weighted by Gasteiger charge is -2.35. The predicted octanol–water partition coefficient (Wildman–Crippen LogP) is 2.10. The molecule has 0 saturated carbocycles. The molecule has 1 saturated heterocycles. The number of rotatable bonds is 6. The van der Waals surface area contributed by atoms with E-state index in [-0.39, 0.29) is 18.2 Å². The summed E-state index contributed by atoms with van der Waals surface area (Å²) in [6.07, 6.45) is 2.74. The fraction of sp³-hybridized carbons (Fsp3) is 0.625. The maximum atomic E-state index is 13.9. The lowest BCUT2D eigenvalue weighted by atomic mass is 10.0. The minimum atomic E-state index is -0.901. The SMILES string of the molecule is COc1cccc(F)c1C(O)CCN1CCCCC1CO. The van der Waals surface area contributed by atoms with Gasteiger partial charge in [0.1, 0.15) is 11.6 Å². The third-order valence-corrected chi connectivity index (χ3v) is 4.22. The first kappa shape index (κ1) is 16.2. The Kier molecular flexibility index (Phi) is 5.96. The van der Waals surface area contributed by atoms with Crippen LogP contribution < -0.4 is 4.74 Å². The quantitative estimate of drug-likeness (QED) is 0.844. The van der Waals surface area contributed by atoms with Crippen molar-refractivity contribution in [1.29, 1.82) is 0 Å². The average molecular weight is 297 g/mol. The molecule has 2 rings (SSSR count). The summed E-state index contributed by atoms with van der Waals surface area (Å²) in [4.78, 5) is 2.18. The van der Waals surface area contributed by atoms with Crippen LogP contribution in [0.2, 0.25) is 0 Å². The molecule has 0 bridgehead atoms. The van der Waals surface area contributed by atoms with Gasteiger partial charge in [0, 0.05) is 12.6 Å². The van der Waals surface area contributed by atoms with Crippen molar-refractivity contribution in [3.63, 3.8) is 0 Å². The van der Waals surface area contributed by atoms with Crippen molar-refractivity contribution >= 4 is 0 Å². The fourth-order valence-electron chi connectivity index (χ4n) is 3.01. The highest BCUT2D eigenvalue weighted by Crippen LogP contribution is 2.30. The zero-order valence-electron chi connectivity index (χ0n) is 12.5. The molecule has 2 N–H and O–H groups in total. The molecule has 1 fully saturated rings. The summed E-state index contributed by atoms with van der Waals surface area (Å²) in [6.45, 7) is 1.70. The van der Waals surface area contributed by atoms with E-state index in [0.29, 0.717) is 18.7 Å². The van der Waals surface area contributed by atoms with Crippen LogP contribution in [0.15, 0.2) is 18.2 Å². The Morgan fingerprint density at radius 3 is 2.95 bits per heavy atom. The van der Waals surface area contributed by atoms with Gasteiger partial charge in [-0.25, -0.2) is 4.39 Å². The number of halogens is 1. The normalized spacial score (nSPS) is 21.2. The van der Waals surface area contributed by atoms with Crippen LogP contribution in [0, 0.1) is 5.82 Å². The van der Waals surface area contributed by atoms with Crippen LogP contribution in [0.4, 0.5) is 4.39 Å². The Bertz CT molecular complexity index is 455. The summed E-state index contributed by atoms with van der Waals surface area (Å²) in [5.41, 5.74) is 0.220. The number of aliphatic hydroxyl groups is 2. The zero-order valence-corrected chi connectivity index (χ0v) is 12.5. The molecule has 118 valence electrons. The molecule has 2 unspecified atom stereocenters. The monoisotopic (exact) mass is 297 g/mol. The molecule has 1 aliphatic rings. The van der Waals surface area contributed by atoms with Crippen molar-refractivity contribution in [3.05, 3.63) is 29.6 Å². The van der Waals surface area contributed by atoms with Crippen molar-refractivity contribution in [2.24, 2.45) is 0 Å². The number of aliphatic hydroxyl groups excluding tert-OH is 2. The fourth-order valence-corrected chi connectivity index (χ4v) is 3.01. The molecule has 0 aromatic heterocycles. The smallest absolute Gasteiger partial charge is 0.132 e. The van der Waals surface area contributed by atoms with Crippen LogP contribution in [0.3, 0.4) is 0 Å². The van der Waals surface area contributed by atoms with E-state index >= 15 is 0 Å². The zero-order chi connectivity index (χ0) is 15.2. The Morgan fingerprint density at radius 2 is 2.24 bits per heavy atom. The molecule has 0 aliphatic carbocycles. The number of ether oxygens (including phenoxy) is 1. The van der Waals surface area contributed by atoms with Crippen molar-refractivity contribution in [2.75, 3.05) is 26.8 Å². The topological polar surface area (TPSA) is 52.9 Å². The van der Waals surface area contributed by atoms with Gasteiger partial charge in [0.2, 0.25) is 0 Å². The molecule has 2 atom stereocenters. The lowest BCUT2D eigenvalue weighted by molar-refractivity contribution is 0.0683. The van der Waals surface area contributed by atoms with Crippen LogP contribution in [0.5, 0.6) is 5.75 Å². The highest BCUT2D eigenvalue weighted by molar-refractivity contribution is 5.36. The molecular weight excluding hydrogens is 273 g/mol. The first-order valence-corrected chi connectivity index (χ1v) is 7.52. The number of likely N-dealkylation sites (tertiary alicyclic amines) is 1. The van der Waals surface area contributed by atoms with Gasteiger partial charge < -0.3 is 14.9 Å². The molecule has 1 heterocycles. The van der Waals surface area contributed by atoms with Gasteiger partial charge in [-0.15, -0.1) is 0 Å². The second kappa shape index (κ2) is 7.73. The van der Waals surface area contributed by atoms with E-state index in [2.05, 4.69) is 4.90 Å². The number of piperidine rings is 1. The molecule has 21 heavy (non-hydrogen) atoms. The number of hydrogen-bond acceptors (Lipinski definition) is 4. The first-order chi connectivity index (χ1) is 10.2. The van der Waals surface area contributed by atoms with E-state index in [1.165, 1.54) is 13.2 Å². The van der Waals surface area contributed by atoms with E-state index in [0.717, 1.165) is 25.8 Å². The van der Waals surface area contributed by atoms with Gasteiger partial charge in [-0.3, -0.25) is 4.90 Å². The summed E-state index contributed by atoms with van der Waals surface area (Å²) in [7, 11) is 1.47. The molecule has 0 spiro atoms. The highest BCUT2D eigenvalue weighted by Gasteiger charge is 2.24. The molecule has 1 aromatic carbocycles. The second-order valence-corrected chi connectivity index (χ2v) is 5.53. The molecule has 1 aromatic rings. The third kappa shape index (κ3) is 3.93. The largest absolute Gasteiger partial charge is 0.496 e. The molecule has 1 aliphatic heterocycles. The van der Waals surface area contributed by atoms with Crippen LogP contribution in [-0.4, -0.2) is 48.0 Å². The van der Waals surface area contributed by atoms with Gasteiger partial charge in [0.25, 0.3) is 0 Å². The molecule has 4 nitrogen and oxygen atoms in total. The van der Waals surface area contributed by atoms with Gasteiger partial charge in [0.15, 0.2) is 0 Å². The molecule has 0 radical (unpaired) electrons. The summed E-state index contributed by atoms with van der Waals surface area (Å²) in [5, 5.41) is 19.7. The van der Waals surface area contributed by atoms with Gasteiger partial charge in [-0.2, -0.15) is 0 Å². The van der Waals surface area contributed by atoms with Gasteiger partial charge in [0.05, 0.1) is 25.4 Å². The summed E-state index contributed by atoms with van der Waals surface area (Å²) >= 11 is 0. The molecule has 0 amide bonds. The van der Waals surface area contributed by atoms with Gasteiger partial charge in [-0.1, -0.05) is 12.5 Å². The van der Waals surface area contributed by atoms with Crippen molar-refractivity contribution in [2.45, 2.75) is 37.8 Å². The maximum absolute atomic E-state index is 13.9. The maximum Gasteiger partial charge on any atom is 0.132 e. The van der Waals surface area contributed by atoms with Crippen LogP contribution in [-0.2, 0) is 0 Å². The van der Waals surface area contributed by atoms with Crippen LogP contribution >= 0.6 is 0 Å². The number of methoxy groups -OCH3 is 1. The van der Waals surface area contributed by atoms with Crippen molar-refractivity contribution in [1.82, 2.24) is 4.90 Å². The number of benzene rings is 1. The van der Waals surface area contributed by atoms with Gasteiger partial charge >= 0.3 is 0 Å². The van der Waals surface area contributed by atoms with Crippen LogP contribution in [0.25, 0.3) is 0 Å².